The molecule has 1 aromatic carbocycles. The number of pyridine rings is 1. The van der Waals surface area contributed by atoms with Gasteiger partial charge in [-0.05, 0) is 31.2 Å². The molecule has 0 fully saturated rings. The fraction of sp³-hybridized carbons (Fsp3) is 0.154. The Bertz CT molecular complexity index is 659. The summed E-state index contributed by atoms with van der Waals surface area (Å²) in [6, 6.07) is 11.0. The third kappa shape index (κ3) is 2.58. The highest BCUT2D eigenvalue weighted by atomic mass is 32.2. The molecule has 2 aromatic rings. The Morgan fingerprint density at radius 3 is 2.42 bits per heavy atom. The van der Waals surface area contributed by atoms with Gasteiger partial charge < -0.3 is 0 Å². The maximum atomic E-state index is 13.6. The first-order chi connectivity index (χ1) is 9.07. The summed E-state index contributed by atoms with van der Waals surface area (Å²) in [6.45, 7) is 1.88. The van der Waals surface area contributed by atoms with Gasteiger partial charge in [0.15, 0.2) is 5.82 Å². The fourth-order valence-electron chi connectivity index (χ4n) is 1.75. The highest BCUT2D eigenvalue weighted by Gasteiger charge is 2.27. The number of sulfonamides is 1. The van der Waals surface area contributed by atoms with E-state index < -0.39 is 20.9 Å². The summed E-state index contributed by atoms with van der Waals surface area (Å²) in [5.74, 6) is -0.850. The van der Waals surface area contributed by atoms with Gasteiger partial charge in [0.05, 0.1) is 5.69 Å². The monoisotopic (exact) mass is 280 g/mol. The SMILES string of the molecule is CCN(c1ccccc1)S(=O)(=O)c1ncccc1F. The number of hydrogen-bond donors (Lipinski definition) is 0. The molecule has 0 bridgehead atoms. The van der Waals surface area contributed by atoms with Gasteiger partial charge in [0.25, 0.3) is 10.0 Å². The third-order valence-electron chi connectivity index (χ3n) is 2.59. The van der Waals surface area contributed by atoms with E-state index in [2.05, 4.69) is 4.98 Å². The Morgan fingerprint density at radius 1 is 1.16 bits per heavy atom. The van der Waals surface area contributed by atoms with Crippen LogP contribution in [-0.2, 0) is 10.0 Å². The molecule has 0 aliphatic carbocycles. The van der Waals surface area contributed by atoms with Crippen LogP contribution in [0.5, 0.6) is 0 Å². The fourth-order valence-corrected chi connectivity index (χ4v) is 3.21. The number of aromatic nitrogens is 1. The number of benzene rings is 1. The largest absolute Gasteiger partial charge is 0.284 e. The van der Waals surface area contributed by atoms with Gasteiger partial charge in [-0.2, -0.15) is 8.42 Å². The summed E-state index contributed by atoms with van der Waals surface area (Å²) in [4.78, 5) is 3.64. The first-order valence-corrected chi connectivity index (χ1v) is 7.19. The van der Waals surface area contributed by atoms with Crippen molar-refractivity contribution >= 4 is 15.7 Å². The first kappa shape index (κ1) is 13.5. The molecule has 0 aliphatic heterocycles. The summed E-state index contributed by atoms with van der Waals surface area (Å²) in [6.07, 6.45) is 1.26. The van der Waals surface area contributed by atoms with Crippen molar-refractivity contribution < 1.29 is 12.8 Å². The average Bonchev–Trinajstić information content (AvgIpc) is 2.40. The van der Waals surface area contributed by atoms with Gasteiger partial charge in [-0.3, -0.25) is 4.31 Å². The Balaban J connectivity index is 2.52. The number of anilines is 1. The van der Waals surface area contributed by atoms with Gasteiger partial charge in [-0.15, -0.1) is 0 Å². The maximum Gasteiger partial charge on any atom is 0.284 e. The summed E-state index contributed by atoms with van der Waals surface area (Å²) in [5.41, 5.74) is 0.482. The topological polar surface area (TPSA) is 50.3 Å². The van der Waals surface area contributed by atoms with Crippen LogP contribution >= 0.6 is 0 Å². The molecule has 0 spiro atoms. The Labute approximate surface area is 111 Å². The number of halogens is 1. The molecule has 4 nitrogen and oxygen atoms in total. The van der Waals surface area contributed by atoms with E-state index in [4.69, 9.17) is 0 Å². The second kappa shape index (κ2) is 5.36. The van der Waals surface area contributed by atoms with Gasteiger partial charge in [-0.1, -0.05) is 18.2 Å². The van der Waals surface area contributed by atoms with E-state index in [1.165, 1.54) is 12.3 Å². The molecule has 0 radical (unpaired) electrons. The normalized spacial score (nSPS) is 11.3. The minimum absolute atomic E-state index is 0.197. The number of hydrogen-bond acceptors (Lipinski definition) is 3. The van der Waals surface area contributed by atoms with Crippen molar-refractivity contribution in [2.45, 2.75) is 11.9 Å². The van der Waals surface area contributed by atoms with E-state index in [9.17, 15) is 12.8 Å². The lowest BCUT2D eigenvalue weighted by Gasteiger charge is -2.22. The zero-order valence-electron chi connectivity index (χ0n) is 10.3. The van der Waals surface area contributed by atoms with Crippen LogP contribution < -0.4 is 4.31 Å². The lowest BCUT2D eigenvalue weighted by atomic mass is 10.3. The zero-order valence-corrected chi connectivity index (χ0v) is 11.1. The van der Waals surface area contributed by atoms with Crippen molar-refractivity contribution in [2.75, 3.05) is 10.8 Å². The van der Waals surface area contributed by atoms with Crippen molar-refractivity contribution in [2.24, 2.45) is 0 Å². The van der Waals surface area contributed by atoms with Crippen molar-refractivity contribution in [3.63, 3.8) is 0 Å². The van der Waals surface area contributed by atoms with Crippen molar-refractivity contribution in [3.8, 4) is 0 Å². The second-order valence-electron chi connectivity index (χ2n) is 3.80. The molecule has 1 aromatic heterocycles. The summed E-state index contributed by atoms with van der Waals surface area (Å²) < 4.78 is 39.6. The molecule has 0 atom stereocenters. The van der Waals surface area contributed by atoms with Crippen LogP contribution in [0.3, 0.4) is 0 Å². The Morgan fingerprint density at radius 2 is 1.84 bits per heavy atom. The van der Waals surface area contributed by atoms with Crippen molar-refractivity contribution in [1.29, 1.82) is 0 Å². The van der Waals surface area contributed by atoms with E-state index in [-0.39, 0.29) is 6.54 Å². The molecule has 1 heterocycles. The van der Waals surface area contributed by atoms with Gasteiger partial charge in [0.2, 0.25) is 5.03 Å². The lowest BCUT2D eigenvalue weighted by molar-refractivity contribution is 0.551. The van der Waals surface area contributed by atoms with E-state index in [0.29, 0.717) is 5.69 Å². The lowest BCUT2D eigenvalue weighted by Crippen LogP contribution is -2.32. The quantitative estimate of drug-likeness (QED) is 0.864. The molecule has 0 saturated carbocycles. The minimum Gasteiger partial charge on any atom is -0.265 e. The summed E-state index contributed by atoms with van der Waals surface area (Å²) in [5, 5.41) is -0.555. The van der Waals surface area contributed by atoms with Gasteiger partial charge in [-0.25, -0.2) is 9.37 Å². The minimum atomic E-state index is -3.99. The molecule has 0 unspecified atom stereocenters. The first-order valence-electron chi connectivity index (χ1n) is 5.75. The smallest absolute Gasteiger partial charge is 0.265 e. The molecular formula is C13H13FN2O2S. The zero-order chi connectivity index (χ0) is 13.9. The molecule has 19 heavy (non-hydrogen) atoms. The highest BCUT2D eigenvalue weighted by Crippen LogP contribution is 2.23. The number of rotatable bonds is 4. The van der Waals surface area contributed by atoms with E-state index in [0.717, 1.165) is 10.4 Å². The van der Waals surface area contributed by atoms with Crippen LogP contribution in [0.15, 0.2) is 53.7 Å². The molecule has 0 amide bonds. The van der Waals surface area contributed by atoms with Crippen LogP contribution in [0, 0.1) is 5.82 Å². The summed E-state index contributed by atoms with van der Waals surface area (Å²) >= 11 is 0. The molecule has 100 valence electrons. The van der Waals surface area contributed by atoms with E-state index >= 15 is 0 Å². The van der Waals surface area contributed by atoms with Gasteiger partial charge >= 0.3 is 0 Å². The molecule has 0 N–H and O–H groups in total. The Hall–Kier alpha value is -1.95. The average molecular weight is 280 g/mol. The van der Waals surface area contributed by atoms with Crippen molar-refractivity contribution in [3.05, 3.63) is 54.5 Å². The van der Waals surface area contributed by atoms with Crippen LogP contribution in [0.1, 0.15) is 6.92 Å². The van der Waals surface area contributed by atoms with Gasteiger partial charge in [0.1, 0.15) is 0 Å². The maximum absolute atomic E-state index is 13.6. The molecule has 0 aliphatic rings. The van der Waals surface area contributed by atoms with E-state index in [1.54, 1.807) is 37.3 Å². The predicted octanol–water partition coefficient (Wildman–Crippen LogP) is 2.44. The van der Waals surface area contributed by atoms with E-state index in [1.807, 2.05) is 0 Å². The van der Waals surface area contributed by atoms with Crippen LogP contribution in [0.25, 0.3) is 0 Å². The number of para-hydroxylation sites is 1. The highest BCUT2D eigenvalue weighted by molar-refractivity contribution is 7.92. The van der Waals surface area contributed by atoms with Crippen LogP contribution in [0.4, 0.5) is 10.1 Å². The van der Waals surface area contributed by atoms with Crippen molar-refractivity contribution in [1.82, 2.24) is 4.98 Å². The van der Waals surface area contributed by atoms with Crippen LogP contribution in [0.2, 0.25) is 0 Å². The van der Waals surface area contributed by atoms with Gasteiger partial charge in [0, 0.05) is 12.7 Å². The standard InChI is InChI=1S/C13H13FN2O2S/c1-2-16(11-7-4-3-5-8-11)19(17,18)13-12(14)9-6-10-15-13/h3-10H,2H2,1H3. The second-order valence-corrected chi connectivity index (χ2v) is 5.57. The molecule has 6 heteroatoms. The Kier molecular flexibility index (Phi) is 3.80. The predicted molar refractivity (Wildman–Crippen MR) is 70.8 cm³/mol. The van der Waals surface area contributed by atoms with Crippen LogP contribution in [-0.4, -0.2) is 19.9 Å². The molecule has 2 rings (SSSR count). The molecule has 0 saturated heterocycles. The third-order valence-corrected chi connectivity index (χ3v) is 4.43. The summed E-state index contributed by atoms with van der Waals surface area (Å²) in [7, 11) is -3.99. The number of nitrogens with zero attached hydrogens (tertiary/aromatic N) is 2. The molecular weight excluding hydrogens is 267 g/mol.